The zero-order chi connectivity index (χ0) is 17.4. The second-order valence-electron chi connectivity index (χ2n) is 7.16. The van der Waals surface area contributed by atoms with E-state index in [1.807, 2.05) is 13.2 Å². The van der Waals surface area contributed by atoms with Crippen molar-refractivity contribution in [2.45, 2.75) is 40.0 Å². The van der Waals surface area contributed by atoms with Crippen LogP contribution in [-0.2, 0) is 6.42 Å². The van der Waals surface area contributed by atoms with Crippen molar-refractivity contribution in [3.63, 3.8) is 0 Å². The van der Waals surface area contributed by atoms with Gasteiger partial charge in [-0.15, -0.1) is 35.3 Å². The SMILES string of the molecule is CN=C(NCCc1ncc(C)s1)NCC1CCCN(CC(C)C)C1.I. The molecular weight excluding hydrogens is 445 g/mol. The Hall–Kier alpha value is -0.410. The maximum Gasteiger partial charge on any atom is 0.191 e. The summed E-state index contributed by atoms with van der Waals surface area (Å²) in [7, 11) is 1.84. The van der Waals surface area contributed by atoms with E-state index in [2.05, 4.69) is 46.3 Å². The maximum absolute atomic E-state index is 4.40. The molecule has 1 aliphatic rings. The number of aryl methyl sites for hydroxylation is 1. The largest absolute Gasteiger partial charge is 0.356 e. The smallest absolute Gasteiger partial charge is 0.191 e. The van der Waals surface area contributed by atoms with Crippen LogP contribution in [0.1, 0.15) is 36.6 Å². The molecule has 1 aliphatic heterocycles. The van der Waals surface area contributed by atoms with Crippen LogP contribution in [-0.4, -0.2) is 55.6 Å². The number of aliphatic imine (C=N–C) groups is 1. The van der Waals surface area contributed by atoms with Gasteiger partial charge in [-0.1, -0.05) is 13.8 Å². The maximum atomic E-state index is 4.40. The van der Waals surface area contributed by atoms with Crippen molar-refractivity contribution < 1.29 is 0 Å². The van der Waals surface area contributed by atoms with E-state index in [1.165, 1.54) is 42.4 Å². The highest BCUT2D eigenvalue weighted by Gasteiger charge is 2.20. The van der Waals surface area contributed by atoms with E-state index in [1.54, 1.807) is 11.3 Å². The first-order valence-corrected chi connectivity index (χ1v) is 9.96. The summed E-state index contributed by atoms with van der Waals surface area (Å²) in [4.78, 5) is 12.6. The lowest BCUT2D eigenvalue weighted by atomic mass is 9.97. The highest BCUT2D eigenvalue weighted by molar-refractivity contribution is 14.0. The molecule has 2 heterocycles. The summed E-state index contributed by atoms with van der Waals surface area (Å²) in [6.07, 6.45) is 5.52. The van der Waals surface area contributed by atoms with Crippen molar-refractivity contribution in [3.05, 3.63) is 16.1 Å². The van der Waals surface area contributed by atoms with Crippen molar-refractivity contribution >= 4 is 41.3 Å². The Kier molecular flexibility index (Phi) is 10.9. The number of hydrogen-bond donors (Lipinski definition) is 2. The summed E-state index contributed by atoms with van der Waals surface area (Å²) >= 11 is 1.77. The number of rotatable bonds is 7. The molecule has 1 saturated heterocycles. The van der Waals surface area contributed by atoms with E-state index in [0.29, 0.717) is 0 Å². The molecular formula is C18H34IN5S. The lowest BCUT2D eigenvalue weighted by molar-refractivity contribution is 0.159. The van der Waals surface area contributed by atoms with Gasteiger partial charge in [0, 0.05) is 50.7 Å². The highest BCUT2D eigenvalue weighted by Crippen LogP contribution is 2.16. The fourth-order valence-electron chi connectivity index (χ4n) is 3.27. The van der Waals surface area contributed by atoms with Crippen LogP contribution < -0.4 is 10.6 Å². The molecule has 1 fully saturated rings. The van der Waals surface area contributed by atoms with Crippen LogP contribution in [0.4, 0.5) is 0 Å². The zero-order valence-electron chi connectivity index (χ0n) is 16.0. The van der Waals surface area contributed by atoms with E-state index in [4.69, 9.17) is 0 Å². The number of likely N-dealkylation sites (tertiary alicyclic amines) is 1. The number of halogens is 1. The minimum Gasteiger partial charge on any atom is -0.356 e. The third kappa shape index (κ3) is 8.68. The lowest BCUT2D eigenvalue weighted by Gasteiger charge is -2.34. The third-order valence-electron chi connectivity index (χ3n) is 4.31. The van der Waals surface area contributed by atoms with Gasteiger partial charge in [0.05, 0.1) is 5.01 Å². The van der Waals surface area contributed by atoms with Crippen LogP contribution in [0.2, 0.25) is 0 Å². The summed E-state index contributed by atoms with van der Waals surface area (Å²) in [6, 6.07) is 0. The number of guanidine groups is 1. The van der Waals surface area contributed by atoms with Gasteiger partial charge in [0.15, 0.2) is 5.96 Å². The summed E-state index contributed by atoms with van der Waals surface area (Å²) in [5.74, 6) is 2.38. The number of nitrogens with one attached hydrogen (secondary N) is 2. The average Bonchev–Trinajstić information content (AvgIpc) is 2.96. The molecule has 1 atom stereocenters. The van der Waals surface area contributed by atoms with Crippen LogP contribution in [0.25, 0.3) is 0 Å². The molecule has 2 N–H and O–H groups in total. The first kappa shape index (κ1) is 22.6. The van der Waals surface area contributed by atoms with Gasteiger partial charge in [-0.3, -0.25) is 4.99 Å². The van der Waals surface area contributed by atoms with Gasteiger partial charge in [-0.2, -0.15) is 0 Å². The van der Waals surface area contributed by atoms with Gasteiger partial charge in [0.1, 0.15) is 0 Å². The fraction of sp³-hybridized carbons (Fsp3) is 0.778. The second-order valence-corrected chi connectivity index (χ2v) is 8.48. The number of hydrogen-bond acceptors (Lipinski definition) is 4. The normalized spacial score (nSPS) is 18.9. The van der Waals surface area contributed by atoms with E-state index in [9.17, 15) is 0 Å². The summed E-state index contributed by atoms with van der Waals surface area (Å²) < 4.78 is 0. The Morgan fingerprint density at radius 2 is 2.24 bits per heavy atom. The molecule has 2 rings (SSSR count). The molecule has 1 unspecified atom stereocenters. The molecule has 0 amide bonds. The molecule has 0 aliphatic carbocycles. The molecule has 5 nitrogen and oxygen atoms in total. The van der Waals surface area contributed by atoms with E-state index < -0.39 is 0 Å². The number of nitrogens with zero attached hydrogens (tertiary/aromatic N) is 3. The monoisotopic (exact) mass is 479 g/mol. The quantitative estimate of drug-likeness (QED) is 0.359. The Morgan fingerprint density at radius 1 is 1.44 bits per heavy atom. The van der Waals surface area contributed by atoms with Gasteiger partial charge < -0.3 is 15.5 Å². The van der Waals surface area contributed by atoms with Gasteiger partial charge in [-0.25, -0.2) is 4.98 Å². The van der Waals surface area contributed by atoms with E-state index in [0.717, 1.165) is 37.3 Å². The lowest BCUT2D eigenvalue weighted by Crippen LogP contribution is -2.45. The minimum absolute atomic E-state index is 0. The predicted molar refractivity (Wildman–Crippen MR) is 119 cm³/mol. The molecule has 25 heavy (non-hydrogen) atoms. The van der Waals surface area contributed by atoms with Gasteiger partial charge in [-0.05, 0) is 38.1 Å². The molecule has 0 aromatic carbocycles. The van der Waals surface area contributed by atoms with Crippen LogP contribution in [0.3, 0.4) is 0 Å². The van der Waals surface area contributed by atoms with Crippen molar-refractivity contribution in [3.8, 4) is 0 Å². The third-order valence-corrected chi connectivity index (χ3v) is 5.28. The van der Waals surface area contributed by atoms with Crippen molar-refractivity contribution in [2.75, 3.05) is 39.8 Å². The van der Waals surface area contributed by atoms with Gasteiger partial charge >= 0.3 is 0 Å². The second kappa shape index (κ2) is 12.1. The van der Waals surface area contributed by atoms with Crippen LogP contribution in [0.5, 0.6) is 0 Å². The number of piperidine rings is 1. The van der Waals surface area contributed by atoms with Crippen LogP contribution >= 0.6 is 35.3 Å². The molecule has 1 aromatic rings. The Balaban J connectivity index is 0.00000312. The average molecular weight is 479 g/mol. The van der Waals surface area contributed by atoms with Crippen molar-refractivity contribution in [1.82, 2.24) is 20.5 Å². The first-order valence-electron chi connectivity index (χ1n) is 9.15. The van der Waals surface area contributed by atoms with Gasteiger partial charge in [0.25, 0.3) is 0 Å². The highest BCUT2D eigenvalue weighted by atomic mass is 127. The molecule has 144 valence electrons. The fourth-order valence-corrected chi connectivity index (χ4v) is 4.05. The molecule has 0 bridgehead atoms. The first-order chi connectivity index (χ1) is 11.6. The van der Waals surface area contributed by atoms with Gasteiger partial charge in [0.2, 0.25) is 0 Å². The molecule has 1 aromatic heterocycles. The number of thiazole rings is 1. The molecule has 0 spiro atoms. The number of aromatic nitrogens is 1. The van der Waals surface area contributed by atoms with Crippen LogP contribution in [0.15, 0.2) is 11.2 Å². The summed E-state index contributed by atoms with van der Waals surface area (Å²) in [6.45, 7) is 12.3. The Bertz CT molecular complexity index is 517. The zero-order valence-corrected chi connectivity index (χ0v) is 19.2. The molecule has 7 heteroatoms. The summed E-state index contributed by atoms with van der Waals surface area (Å²) in [5, 5.41) is 8.09. The van der Waals surface area contributed by atoms with Crippen molar-refractivity contribution in [1.29, 1.82) is 0 Å². The standard InChI is InChI=1S/C18H33N5S.HI/c1-14(2)12-23-9-5-6-16(13-23)11-22-18(19-4)20-8-7-17-21-10-15(3)24-17;/h10,14,16H,5-9,11-13H2,1-4H3,(H2,19,20,22);1H. The van der Waals surface area contributed by atoms with E-state index in [-0.39, 0.29) is 24.0 Å². The topological polar surface area (TPSA) is 52.6 Å². The molecule has 0 radical (unpaired) electrons. The van der Waals surface area contributed by atoms with Crippen LogP contribution in [0, 0.1) is 18.8 Å². The molecule has 0 saturated carbocycles. The minimum atomic E-state index is 0. The summed E-state index contributed by atoms with van der Waals surface area (Å²) in [5.41, 5.74) is 0. The predicted octanol–water partition coefficient (Wildman–Crippen LogP) is 3.15. The van der Waals surface area contributed by atoms with E-state index >= 15 is 0 Å². The van der Waals surface area contributed by atoms with Crippen molar-refractivity contribution in [2.24, 2.45) is 16.8 Å². The Labute approximate surface area is 174 Å². The Morgan fingerprint density at radius 3 is 2.88 bits per heavy atom.